The quantitative estimate of drug-likeness (QED) is 0.622. The van der Waals surface area contributed by atoms with E-state index in [-0.39, 0.29) is 0 Å². The molecule has 3 rings (SSSR count). The Hall–Kier alpha value is -2.11. The van der Waals surface area contributed by atoms with Crippen LogP contribution < -0.4 is 20.7 Å². The molecule has 0 radical (unpaired) electrons. The summed E-state index contributed by atoms with van der Waals surface area (Å²) in [4.78, 5) is 0. The molecule has 1 nitrogen and oxygen atoms in total. The standard InChI is InChI=1S/C23H25OP/c1-16-10-8-14-21(18(16)3)25(22-15-9-11-17(2)19(22)4)23-13-7-6-12-20(23)24-5/h6-15H,1-5H3. The number of para-hydroxylation sites is 1. The Balaban J connectivity index is 2.33. The zero-order chi connectivity index (χ0) is 18.0. The topological polar surface area (TPSA) is 9.23 Å². The molecule has 0 unspecified atom stereocenters. The third-order valence-electron chi connectivity index (χ3n) is 4.96. The van der Waals surface area contributed by atoms with Gasteiger partial charge in [-0.25, -0.2) is 0 Å². The molecule has 0 amide bonds. The summed E-state index contributed by atoms with van der Waals surface area (Å²) in [6.07, 6.45) is 0. The van der Waals surface area contributed by atoms with Gasteiger partial charge in [0.2, 0.25) is 0 Å². The normalized spacial score (nSPS) is 11.0. The van der Waals surface area contributed by atoms with Gasteiger partial charge < -0.3 is 4.74 Å². The van der Waals surface area contributed by atoms with Gasteiger partial charge in [-0.05, 0) is 74.5 Å². The lowest BCUT2D eigenvalue weighted by Crippen LogP contribution is -2.26. The third kappa shape index (κ3) is 3.34. The molecule has 0 saturated heterocycles. The highest BCUT2D eigenvalue weighted by Crippen LogP contribution is 2.39. The van der Waals surface area contributed by atoms with Gasteiger partial charge in [-0.2, -0.15) is 0 Å². The van der Waals surface area contributed by atoms with E-state index in [0.717, 1.165) is 5.75 Å². The average molecular weight is 348 g/mol. The van der Waals surface area contributed by atoms with Gasteiger partial charge in [0, 0.05) is 5.30 Å². The summed E-state index contributed by atoms with van der Waals surface area (Å²) < 4.78 is 5.73. The minimum atomic E-state index is -0.672. The fraction of sp³-hybridized carbons (Fsp3) is 0.217. The summed E-state index contributed by atoms with van der Waals surface area (Å²) in [6.45, 7) is 8.86. The first-order valence-corrected chi connectivity index (χ1v) is 9.94. The molecule has 0 atom stereocenters. The van der Waals surface area contributed by atoms with E-state index in [4.69, 9.17) is 4.74 Å². The molecule has 3 aromatic rings. The van der Waals surface area contributed by atoms with Gasteiger partial charge in [0.05, 0.1) is 7.11 Å². The summed E-state index contributed by atoms with van der Waals surface area (Å²) in [5, 5.41) is 4.10. The van der Waals surface area contributed by atoms with Crippen molar-refractivity contribution in [3.05, 3.63) is 82.9 Å². The summed E-state index contributed by atoms with van der Waals surface area (Å²) in [5.74, 6) is 0.968. The first-order chi connectivity index (χ1) is 12.0. The van der Waals surface area contributed by atoms with Gasteiger partial charge >= 0.3 is 0 Å². The van der Waals surface area contributed by atoms with Crippen molar-refractivity contribution in [1.82, 2.24) is 0 Å². The van der Waals surface area contributed by atoms with E-state index in [1.807, 2.05) is 6.07 Å². The van der Waals surface area contributed by atoms with Crippen molar-refractivity contribution in [3.8, 4) is 5.75 Å². The monoisotopic (exact) mass is 348 g/mol. The average Bonchev–Trinajstić information content (AvgIpc) is 2.62. The number of hydrogen-bond acceptors (Lipinski definition) is 1. The second-order valence-electron chi connectivity index (χ2n) is 6.45. The van der Waals surface area contributed by atoms with Crippen LogP contribution in [0.2, 0.25) is 0 Å². The maximum Gasteiger partial charge on any atom is 0.127 e. The van der Waals surface area contributed by atoms with Crippen LogP contribution in [0.25, 0.3) is 0 Å². The van der Waals surface area contributed by atoms with Crippen molar-refractivity contribution in [1.29, 1.82) is 0 Å². The molecule has 0 saturated carbocycles. The number of rotatable bonds is 4. The largest absolute Gasteiger partial charge is 0.496 e. The predicted molar refractivity (Wildman–Crippen MR) is 111 cm³/mol. The second-order valence-corrected chi connectivity index (χ2v) is 8.56. The first-order valence-electron chi connectivity index (χ1n) is 8.60. The van der Waals surface area contributed by atoms with E-state index in [2.05, 4.69) is 82.3 Å². The van der Waals surface area contributed by atoms with Gasteiger partial charge in [0.25, 0.3) is 0 Å². The van der Waals surface area contributed by atoms with Crippen LogP contribution >= 0.6 is 7.92 Å². The molecule has 0 fully saturated rings. The van der Waals surface area contributed by atoms with E-state index in [0.29, 0.717) is 0 Å². The van der Waals surface area contributed by atoms with Crippen molar-refractivity contribution in [2.24, 2.45) is 0 Å². The zero-order valence-corrected chi connectivity index (χ0v) is 16.5. The maximum absolute atomic E-state index is 5.73. The lowest BCUT2D eigenvalue weighted by molar-refractivity contribution is 0.418. The van der Waals surface area contributed by atoms with Gasteiger partial charge in [0.15, 0.2) is 0 Å². The Morgan fingerprint density at radius 3 is 1.60 bits per heavy atom. The van der Waals surface area contributed by atoms with E-state index in [9.17, 15) is 0 Å². The molecule has 25 heavy (non-hydrogen) atoms. The van der Waals surface area contributed by atoms with Gasteiger partial charge in [-0.3, -0.25) is 0 Å². The maximum atomic E-state index is 5.73. The third-order valence-corrected chi connectivity index (χ3v) is 7.74. The van der Waals surface area contributed by atoms with Crippen molar-refractivity contribution < 1.29 is 4.74 Å². The van der Waals surface area contributed by atoms with Gasteiger partial charge in [-0.15, -0.1) is 0 Å². The molecule has 0 bridgehead atoms. The van der Waals surface area contributed by atoms with Crippen molar-refractivity contribution in [2.45, 2.75) is 27.7 Å². The highest BCUT2D eigenvalue weighted by molar-refractivity contribution is 7.80. The number of benzene rings is 3. The number of ether oxygens (including phenoxy) is 1. The molecule has 0 N–H and O–H groups in total. The molecular formula is C23H25OP. The van der Waals surface area contributed by atoms with E-state index in [1.165, 1.54) is 38.2 Å². The lowest BCUT2D eigenvalue weighted by Gasteiger charge is -2.25. The summed E-state index contributed by atoms with van der Waals surface area (Å²) in [5.41, 5.74) is 5.43. The van der Waals surface area contributed by atoms with Crippen LogP contribution in [0.15, 0.2) is 60.7 Å². The van der Waals surface area contributed by atoms with Crippen LogP contribution in [0.5, 0.6) is 5.75 Å². The SMILES string of the molecule is COc1ccccc1P(c1cccc(C)c1C)c1cccc(C)c1C. The molecule has 3 aromatic carbocycles. The van der Waals surface area contributed by atoms with Crippen molar-refractivity contribution >= 4 is 23.8 Å². The molecular weight excluding hydrogens is 323 g/mol. The molecule has 0 aliphatic carbocycles. The molecule has 0 aromatic heterocycles. The van der Waals surface area contributed by atoms with Gasteiger partial charge in [-0.1, -0.05) is 54.6 Å². The van der Waals surface area contributed by atoms with Crippen molar-refractivity contribution in [2.75, 3.05) is 7.11 Å². The summed E-state index contributed by atoms with van der Waals surface area (Å²) >= 11 is 0. The highest BCUT2D eigenvalue weighted by Gasteiger charge is 2.23. The number of methoxy groups -OCH3 is 1. The number of hydrogen-bond donors (Lipinski definition) is 0. The Morgan fingerprint density at radius 2 is 1.08 bits per heavy atom. The van der Waals surface area contributed by atoms with Gasteiger partial charge in [0.1, 0.15) is 5.75 Å². The Bertz CT molecular complexity index is 847. The molecule has 0 spiro atoms. The Kier molecular flexibility index (Phi) is 5.25. The fourth-order valence-corrected chi connectivity index (χ4v) is 6.05. The first kappa shape index (κ1) is 17.7. The zero-order valence-electron chi connectivity index (χ0n) is 15.6. The summed E-state index contributed by atoms with van der Waals surface area (Å²) in [7, 11) is 1.09. The lowest BCUT2D eigenvalue weighted by atomic mass is 10.1. The summed E-state index contributed by atoms with van der Waals surface area (Å²) in [6, 6.07) is 21.7. The van der Waals surface area contributed by atoms with Crippen LogP contribution in [0.1, 0.15) is 22.3 Å². The van der Waals surface area contributed by atoms with Crippen LogP contribution in [0.3, 0.4) is 0 Å². The molecule has 0 aliphatic heterocycles. The predicted octanol–water partition coefficient (Wildman–Crippen LogP) is 4.69. The Labute approximate surface area is 152 Å². The molecule has 0 aliphatic rings. The van der Waals surface area contributed by atoms with Crippen LogP contribution in [-0.4, -0.2) is 7.11 Å². The second kappa shape index (κ2) is 7.42. The van der Waals surface area contributed by atoms with Crippen LogP contribution in [-0.2, 0) is 0 Å². The van der Waals surface area contributed by atoms with Crippen molar-refractivity contribution in [3.63, 3.8) is 0 Å². The van der Waals surface area contributed by atoms with Crippen LogP contribution in [0, 0.1) is 27.7 Å². The highest BCUT2D eigenvalue weighted by atomic mass is 31.1. The van der Waals surface area contributed by atoms with Crippen LogP contribution in [0.4, 0.5) is 0 Å². The van der Waals surface area contributed by atoms with E-state index < -0.39 is 7.92 Å². The fourth-order valence-electron chi connectivity index (χ4n) is 3.16. The Morgan fingerprint density at radius 1 is 0.600 bits per heavy atom. The smallest absolute Gasteiger partial charge is 0.127 e. The minimum Gasteiger partial charge on any atom is -0.496 e. The van der Waals surface area contributed by atoms with E-state index in [1.54, 1.807) is 7.11 Å². The molecule has 0 heterocycles. The number of aryl methyl sites for hydroxylation is 2. The molecule has 2 heteroatoms. The molecule has 128 valence electrons. The minimum absolute atomic E-state index is 0.672. The van der Waals surface area contributed by atoms with E-state index >= 15 is 0 Å².